The Labute approximate surface area is 91.0 Å². The Bertz CT molecular complexity index is 179. The number of unbranched alkanes of at least 4 members (excludes halogenated alkanes) is 2. The molecule has 4 nitrogen and oxygen atoms in total. The molecular weight excluding hydrogens is 194 g/mol. The molecule has 2 N–H and O–H groups in total. The van der Waals surface area contributed by atoms with E-state index in [-0.39, 0.29) is 6.42 Å². The highest BCUT2D eigenvalue weighted by Gasteiger charge is 2.13. The molecule has 1 atom stereocenters. The predicted molar refractivity (Wildman–Crippen MR) is 57.9 cm³/mol. The quantitative estimate of drug-likeness (QED) is 0.601. The SMILES string of the molecule is O=C(O)CCCCCOCC1CCCN1. The highest BCUT2D eigenvalue weighted by atomic mass is 16.5. The number of hydrogen-bond acceptors (Lipinski definition) is 3. The van der Waals surface area contributed by atoms with Crippen LogP contribution in [0.25, 0.3) is 0 Å². The van der Waals surface area contributed by atoms with Crippen LogP contribution in [0.4, 0.5) is 0 Å². The summed E-state index contributed by atoms with van der Waals surface area (Å²) in [4.78, 5) is 10.2. The average molecular weight is 215 g/mol. The molecule has 1 fully saturated rings. The first-order chi connectivity index (χ1) is 7.29. The minimum atomic E-state index is -0.703. The van der Waals surface area contributed by atoms with Crippen molar-refractivity contribution < 1.29 is 14.6 Å². The van der Waals surface area contributed by atoms with Crippen molar-refractivity contribution in [2.75, 3.05) is 19.8 Å². The zero-order valence-electron chi connectivity index (χ0n) is 9.21. The van der Waals surface area contributed by atoms with Crippen LogP contribution in [0.1, 0.15) is 38.5 Å². The van der Waals surface area contributed by atoms with Crippen LogP contribution in [0.2, 0.25) is 0 Å². The molecular formula is C11H21NO3. The zero-order valence-corrected chi connectivity index (χ0v) is 9.21. The van der Waals surface area contributed by atoms with E-state index in [2.05, 4.69) is 5.32 Å². The fourth-order valence-electron chi connectivity index (χ4n) is 1.78. The fraction of sp³-hybridized carbons (Fsp3) is 0.909. The van der Waals surface area contributed by atoms with Gasteiger partial charge in [-0.3, -0.25) is 4.79 Å². The summed E-state index contributed by atoms with van der Waals surface area (Å²) in [7, 11) is 0. The third-order valence-electron chi connectivity index (χ3n) is 2.66. The maximum atomic E-state index is 10.2. The lowest BCUT2D eigenvalue weighted by Crippen LogP contribution is -2.26. The Morgan fingerprint density at radius 3 is 2.93 bits per heavy atom. The highest BCUT2D eigenvalue weighted by molar-refractivity contribution is 5.66. The monoisotopic (exact) mass is 215 g/mol. The molecule has 0 spiro atoms. The van der Waals surface area contributed by atoms with Gasteiger partial charge in [-0.05, 0) is 32.2 Å². The molecule has 0 radical (unpaired) electrons. The van der Waals surface area contributed by atoms with Gasteiger partial charge in [-0.25, -0.2) is 0 Å². The van der Waals surface area contributed by atoms with Crippen LogP contribution in [-0.4, -0.2) is 36.9 Å². The number of carboxylic acids is 1. The fourth-order valence-corrected chi connectivity index (χ4v) is 1.78. The van der Waals surface area contributed by atoms with Crippen LogP contribution in [0.5, 0.6) is 0 Å². The molecule has 1 unspecified atom stereocenters. The number of rotatable bonds is 8. The van der Waals surface area contributed by atoms with E-state index in [1.54, 1.807) is 0 Å². The summed E-state index contributed by atoms with van der Waals surface area (Å²) in [6.45, 7) is 2.68. The minimum Gasteiger partial charge on any atom is -0.481 e. The number of carbonyl (C=O) groups is 1. The molecule has 4 heteroatoms. The molecule has 15 heavy (non-hydrogen) atoms. The van der Waals surface area contributed by atoms with Gasteiger partial charge in [0.1, 0.15) is 0 Å². The smallest absolute Gasteiger partial charge is 0.303 e. The van der Waals surface area contributed by atoms with Crippen molar-refractivity contribution in [2.45, 2.75) is 44.6 Å². The second-order valence-corrected chi connectivity index (χ2v) is 4.07. The van der Waals surface area contributed by atoms with E-state index >= 15 is 0 Å². The van der Waals surface area contributed by atoms with Gasteiger partial charge in [0.2, 0.25) is 0 Å². The van der Waals surface area contributed by atoms with E-state index in [4.69, 9.17) is 9.84 Å². The number of nitrogens with one attached hydrogen (secondary N) is 1. The number of aliphatic carboxylic acids is 1. The molecule has 0 saturated carbocycles. The topological polar surface area (TPSA) is 58.6 Å². The Morgan fingerprint density at radius 2 is 2.27 bits per heavy atom. The third kappa shape index (κ3) is 6.47. The van der Waals surface area contributed by atoms with Crippen LogP contribution < -0.4 is 5.32 Å². The molecule has 1 rings (SSSR count). The van der Waals surface area contributed by atoms with Crippen LogP contribution in [-0.2, 0) is 9.53 Å². The summed E-state index contributed by atoms with van der Waals surface area (Å²) in [5.74, 6) is -0.703. The van der Waals surface area contributed by atoms with E-state index in [1.807, 2.05) is 0 Å². The molecule has 1 heterocycles. The highest BCUT2D eigenvalue weighted by Crippen LogP contribution is 2.06. The van der Waals surface area contributed by atoms with E-state index in [0.717, 1.165) is 39.0 Å². The lowest BCUT2D eigenvalue weighted by atomic mass is 10.2. The van der Waals surface area contributed by atoms with Gasteiger partial charge in [-0.1, -0.05) is 6.42 Å². The van der Waals surface area contributed by atoms with Gasteiger partial charge >= 0.3 is 5.97 Å². The van der Waals surface area contributed by atoms with E-state index < -0.39 is 5.97 Å². The normalized spacial score (nSPS) is 20.7. The molecule has 0 aromatic carbocycles. The van der Waals surface area contributed by atoms with Crippen molar-refractivity contribution in [1.29, 1.82) is 0 Å². The second-order valence-electron chi connectivity index (χ2n) is 4.07. The van der Waals surface area contributed by atoms with Gasteiger partial charge in [-0.2, -0.15) is 0 Å². The van der Waals surface area contributed by atoms with Gasteiger partial charge in [0.25, 0.3) is 0 Å². The molecule has 0 aliphatic carbocycles. The number of carboxylic acid groups (broad SMARTS) is 1. The first-order valence-corrected chi connectivity index (χ1v) is 5.82. The standard InChI is InChI=1S/C11H21NO3/c13-11(14)6-2-1-3-8-15-9-10-5-4-7-12-10/h10,12H,1-9H2,(H,13,14). The molecule has 0 aromatic rings. The lowest BCUT2D eigenvalue weighted by Gasteiger charge is -2.10. The number of ether oxygens (including phenoxy) is 1. The van der Waals surface area contributed by atoms with Crippen LogP contribution in [0.15, 0.2) is 0 Å². The summed E-state index contributed by atoms with van der Waals surface area (Å²) in [5, 5.41) is 11.8. The maximum Gasteiger partial charge on any atom is 0.303 e. The van der Waals surface area contributed by atoms with Gasteiger partial charge < -0.3 is 15.2 Å². The summed E-state index contributed by atoms with van der Waals surface area (Å²) in [6.07, 6.45) is 5.45. The largest absolute Gasteiger partial charge is 0.481 e. The Hall–Kier alpha value is -0.610. The average Bonchev–Trinajstić information content (AvgIpc) is 2.68. The van der Waals surface area contributed by atoms with Gasteiger partial charge in [0, 0.05) is 19.1 Å². The minimum absolute atomic E-state index is 0.282. The van der Waals surface area contributed by atoms with Crippen molar-refractivity contribution in [3.63, 3.8) is 0 Å². The second kappa shape index (κ2) is 7.65. The summed E-state index contributed by atoms with van der Waals surface area (Å²) < 4.78 is 5.51. The summed E-state index contributed by atoms with van der Waals surface area (Å²) >= 11 is 0. The molecule has 1 aliphatic rings. The van der Waals surface area contributed by atoms with E-state index in [9.17, 15) is 4.79 Å². The van der Waals surface area contributed by atoms with E-state index in [1.165, 1.54) is 12.8 Å². The van der Waals surface area contributed by atoms with Crippen LogP contribution >= 0.6 is 0 Å². The van der Waals surface area contributed by atoms with E-state index in [0.29, 0.717) is 6.04 Å². The Morgan fingerprint density at radius 1 is 1.40 bits per heavy atom. The Balaban J connectivity index is 1.78. The first kappa shape index (κ1) is 12.5. The summed E-state index contributed by atoms with van der Waals surface area (Å²) in [6, 6.07) is 0.545. The van der Waals surface area contributed by atoms with Crippen LogP contribution in [0.3, 0.4) is 0 Å². The Kier molecular flexibility index (Phi) is 6.36. The van der Waals surface area contributed by atoms with Gasteiger partial charge in [-0.15, -0.1) is 0 Å². The lowest BCUT2D eigenvalue weighted by molar-refractivity contribution is -0.137. The predicted octanol–water partition coefficient (Wildman–Crippen LogP) is 1.40. The first-order valence-electron chi connectivity index (χ1n) is 5.82. The van der Waals surface area contributed by atoms with Gasteiger partial charge in [0.05, 0.1) is 6.61 Å². The van der Waals surface area contributed by atoms with Crippen molar-refractivity contribution in [1.82, 2.24) is 5.32 Å². The molecule has 0 bridgehead atoms. The summed E-state index contributed by atoms with van der Waals surface area (Å²) in [5.41, 5.74) is 0. The molecule has 0 amide bonds. The van der Waals surface area contributed by atoms with Crippen molar-refractivity contribution in [2.24, 2.45) is 0 Å². The van der Waals surface area contributed by atoms with Gasteiger partial charge in [0.15, 0.2) is 0 Å². The molecule has 0 aromatic heterocycles. The molecule has 1 saturated heterocycles. The zero-order chi connectivity index (χ0) is 10.9. The maximum absolute atomic E-state index is 10.2. The van der Waals surface area contributed by atoms with Crippen molar-refractivity contribution in [3.8, 4) is 0 Å². The van der Waals surface area contributed by atoms with Crippen molar-refractivity contribution in [3.05, 3.63) is 0 Å². The molecule has 88 valence electrons. The molecule has 1 aliphatic heterocycles. The third-order valence-corrected chi connectivity index (χ3v) is 2.66. The van der Waals surface area contributed by atoms with Crippen molar-refractivity contribution >= 4 is 5.97 Å². The number of hydrogen-bond donors (Lipinski definition) is 2. The van der Waals surface area contributed by atoms with Crippen LogP contribution in [0, 0.1) is 0 Å².